The Kier molecular flexibility index (Phi) is 4.48. The molecule has 0 aliphatic carbocycles. The van der Waals surface area contributed by atoms with Gasteiger partial charge in [0, 0.05) is 18.2 Å². The van der Waals surface area contributed by atoms with Crippen molar-refractivity contribution in [1.82, 2.24) is 5.32 Å². The molecule has 0 aromatic heterocycles. The van der Waals surface area contributed by atoms with Gasteiger partial charge in [0.15, 0.2) is 0 Å². The second-order valence-electron chi connectivity index (χ2n) is 4.72. The lowest BCUT2D eigenvalue weighted by Gasteiger charge is -2.14. The van der Waals surface area contributed by atoms with Gasteiger partial charge < -0.3 is 11.1 Å². The molecule has 104 valence electrons. The van der Waals surface area contributed by atoms with E-state index in [0.717, 1.165) is 11.1 Å². The molecule has 0 fully saturated rings. The first kappa shape index (κ1) is 14.2. The molecule has 3 N–H and O–H groups in total. The second kappa shape index (κ2) is 6.30. The number of hydrogen-bond acceptors (Lipinski definition) is 2. The molecule has 1 amide bonds. The Morgan fingerprint density at radius 3 is 2.70 bits per heavy atom. The Hall–Kier alpha value is -2.20. The van der Waals surface area contributed by atoms with Crippen molar-refractivity contribution in [1.29, 1.82) is 0 Å². The molecule has 2 rings (SSSR count). The topological polar surface area (TPSA) is 55.1 Å². The van der Waals surface area contributed by atoms with E-state index in [4.69, 9.17) is 5.73 Å². The molecule has 1 atom stereocenters. The predicted molar refractivity (Wildman–Crippen MR) is 76.6 cm³/mol. The van der Waals surface area contributed by atoms with Gasteiger partial charge in [-0.05, 0) is 42.3 Å². The van der Waals surface area contributed by atoms with Crippen LogP contribution in [0.2, 0.25) is 0 Å². The number of rotatable bonds is 5. The SMILES string of the molecule is C[C@@H](NCc1cccc(C(N)=O)c1)c1cccc(F)c1. The first-order chi connectivity index (χ1) is 9.56. The van der Waals surface area contributed by atoms with Crippen LogP contribution in [0.1, 0.15) is 34.5 Å². The van der Waals surface area contributed by atoms with Gasteiger partial charge in [-0.3, -0.25) is 4.79 Å². The monoisotopic (exact) mass is 272 g/mol. The van der Waals surface area contributed by atoms with E-state index in [1.165, 1.54) is 12.1 Å². The summed E-state index contributed by atoms with van der Waals surface area (Å²) in [6.45, 7) is 2.55. The van der Waals surface area contributed by atoms with Gasteiger partial charge in [-0.15, -0.1) is 0 Å². The van der Waals surface area contributed by atoms with E-state index in [9.17, 15) is 9.18 Å². The summed E-state index contributed by atoms with van der Waals surface area (Å²) in [5.41, 5.74) is 7.58. The summed E-state index contributed by atoms with van der Waals surface area (Å²) in [5.74, 6) is -0.683. The second-order valence-corrected chi connectivity index (χ2v) is 4.72. The van der Waals surface area contributed by atoms with E-state index in [0.29, 0.717) is 12.1 Å². The molecule has 0 bridgehead atoms. The maximum absolute atomic E-state index is 13.2. The van der Waals surface area contributed by atoms with Crippen molar-refractivity contribution < 1.29 is 9.18 Å². The molecular formula is C16H17FN2O. The first-order valence-electron chi connectivity index (χ1n) is 6.44. The number of amides is 1. The van der Waals surface area contributed by atoms with Crippen molar-refractivity contribution in [3.8, 4) is 0 Å². The summed E-state index contributed by atoms with van der Waals surface area (Å²) in [7, 11) is 0. The quantitative estimate of drug-likeness (QED) is 0.879. The lowest BCUT2D eigenvalue weighted by Crippen LogP contribution is -2.19. The normalized spacial score (nSPS) is 12.1. The average Bonchev–Trinajstić information content (AvgIpc) is 2.45. The van der Waals surface area contributed by atoms with Gasteiger partial charge in [-0.1, -0.05) is 24.3 Å². The van der Waals surface area contributed by atoms with Crippen LogP contribution in [0.4, 0.5) is 4.39 Å². The molecule has 4 heteroatoms. The maximum atomic E-state index is 13.2. The molecule has 2 aromatic rings. The van der Waals surface area contributed by atoms with E-state index in [-0.39, 0.29) is 11.9 Å². The van der Waals surface area contributed by atoms with E-state index < -0.39 is 5.91 Å². The van der Waals surface area contributed by atoms with Crippen LogP contribution in [-0.4, -0.2) is 5.91 Å². The Morgan fingerprint density at radius 2 is 2.00 bits per heavy atom. The molecule has 0 spiro atoms. The number of nitrogens with two attached hydrogens (primary N) is 1. The Labute approximate surface area is 117 Å². The summed E-state index contributed by atoms with van der Waals surface area (Å²) in [6, 6.07) is 13.7. The number of carbonyl (C=O) groups excluding carboxylic acids is 1. The van der Waals surface area contributed by atoms with Gasteiger partial charge >= 0.3 is 0 Å². The molecule has 0 saturated carbocycles. The fourth-order valence-corrected chi connectivity index (χ4v) is 2.00. The van der Waals surface area contributed by atoms with Crippen molar-refractivity contribution in [3.63, 3.8) is 0 Å². The van der Waals surface area contributed by atoms with E-state index >= 15 is 0 Å². The smallest absolute Gasteiger partial charge is 0.248 e. The summed E-state index contributed by atoms with van der Waals surface area (Å²) >= 11 is 0. The lowest BCUT2D eigenvalue weighted by molar-refractivity contribution is 0.1000. The largest absolute Gasteiger partial charge is 0.366 e. The number of halogens is 1. The molecular weight excluding hydrogens is 255 g/mol. The molecule has 0 radical (unpaired) electrons. The third-order valence-corrected chi connectivity index (χ3v) is 3.17. The van der Waals surface area contributed by atoms with Gasteiger partial charge in [0.1, 0.15) is 5.82 Å². The summed E-state index contributed by atoms with van der Waals surface area (Å²) < 4.78 is 13.2. The van der Waals surface area contributed by atoms with Gasteiger partial charge in [-0.25, -0.2) is 4.39 Å². The van der Waals surface area contributed by atoms with Crippen LogP contribution in [0.25, 0.3) is 0 Å². The van der Waals surface area contributed by atoms with E-state index in [2.05, 4.69) is 5.32 Å². The highest BCUT2D eigenvalue weighted by Crippen LogP contribution is 2.14. The zero-order chi connectivity index (χ0) is 14.5. The highest BCUT2D eigenvalue weighted by molar-refractivity contribution is 5.92. The highest BCUT2D eigenvalue weighted by atomic mass is 19.1. The van der Waals surface area contributed by atoms with Crippen molar-refractivity contribution in [3.05, 3.63) is 71.0 Å². The van der Waals surface area contributed by atoms with Crippen LogP contribution >= 0.6 is 0 Å². The van der Waals surface area contributed by atoms with Gasteiger partial charge in [-0.2, -0.15) is 0 Å². The van der Waals surface area contributed by atoms with Crippen molar-refractivity contribution >= 4 is 5.91 Å². The minimum absolute atomic E-state index is 0.0166. The number of nitrogens with one attached hydrogen (secondary N) is 1. The standard InChI is InChI=1S/C16H17FN2O/c1-11(13-5-3-7-15(17)9-13)19-10-12-4-2-6-14(8-12)16(18)20/h2-9,11,19H,10H2,1H3,(H2,18,20)/t11-/m1/s1. The molecule has 0 aliphatic rings. The number of carbonyl (C=O) groups is 1. The Balaban J connectivity index is 2.01. The van der Waals surface area contributed by atoms with Crippen LogP contribution in [0.3, 0.4) is 0 Å². The van der Waals surface area contributed by atoms with Crippen molar-refractivity contribution in [2.45, 2.75) is 19.5 Å². The molecule has 2 aromatic carbocycles. The Morgan fingerprint density at radius 1 is 1.25 bits per heavy atom. The minimum Gasteiger partial charge on any atom is -0.366 e. The maximum Gasteiger partial charge on any atom is 0.248 e. The van der Waals surface area contributed by atoms with Crippen LogP contribution in [0.15, 0.2) is 48.5 Å². The van der Waals surface area contributed by atoms with E-state index in [1.807, 2.05) is 19.1 Å². The molecule has 0 aliphatic heterocycles. The molecule has 3 nitrogen and oxygen atoms in total. The number of benzene rings is 2. The molecule has 20 heavy (non-hydrogen) atoms. The zero-order valence-electron chi connectivity index (χ0n) is 11.3. The third kappa shape index (κ3) is 3.65. The van der Waals surface area contributed by atoms with Gasteiger partial charge in [0.05, 0.1) is 0 Å². The van der Waals surface area contributed by atoms with Crippen molar-refractivity contribution in [2.24, 2.45) is 5.73 Å². The highest BCUT2D eigenvalue weighted by Gasteiger charge is 2.06. The minimum atomic E-state index is -0.440. The van der Waals surface area contributed by atoms with Gasteiger partial charge in [0.2, 0.25) is 5.91 Å². The zero-order valence-corrected chi connectivity index (χ0v) is 11.3. The molecule has 0 saturated heterocycles. The van der Waals surface area contributed by atoms with Crippen LogP contribution in [0.5, 0.6) is 0 Å². The summed E-state index contributed by atoms with van der Waals surface area (Å²) in [5, 5.41) is 3.29. The van der Waals surface area contributed by atoms with Crippen LogP contribution in [0, 0.1) is 5.82 Å². The summed E-state index contributed by atoms with van der Waals surface area (Å²) in [4.78, 5) is 11.1. The fraction of sp³-hybridized carbons (Fsp3) is 0.188. The summed E-state index contributed by atoms with van der Waals surface area (Å²) in [6.07, 6.45) is 0. The Bertz CT molecular complexity index is 613. The predicted octanol–water partition coefficient (Wildman–Crippen LogP) is 2.78. The number of primary amides is 1. The fourth-order valence-electron chi connectivity index (χ4n) is 2.00. The lowest BCUT2D eigenvalue weighted by atomic mass is 10.1. The van der Waals surface area contributed by atoms with E-state index in [1.54, 1.807) is 24.3 Å². The van der Waals surface area contributed by atoms with Crippen LogP contribution in [-0.2, 0) is 6.54 Å². The molecule has 0 heterocycles. The van der Waals surface area contributed by atoms with Gasteiger partial charge in [0.25, 0.3) is 0 Å². The molecule has 0 unspecified atom stereocenters. The first-order valence-corrected chi connectivity index (χ1v) is 6.44. The third-order valence-electron chi connectivity index (χ3n) is 3.17. The van der Waals surface area contributed by atoms with Crippen molar-refractivity contribution in [2.75, 3.05) is 0 Å². The number of hydrogen-bond donors (Lipinski definition) is 2. The average molecular weight is 272 g/mol. The van der Waals surface area contributed by atoms with Crippen LogP contribution < -0.4 is 11.1 Å².